The molecule has 0 aliphatic carbocycles. The predicted molar refractivity (Wildman–Crippen MR) is 124 cm³/mol. The number of hydrogen-bond acceptors (Lipinski definition) is 11. The van der Waals surface area contributed by atoms with Crippen LogP contribution in [0.4, 0.5) is 20.5 Å². The summed E-state index contributed by atoms with van der Waals surface area (Å²) in [6.07, 6.45) is -0.0615. The SMILES string of the molecule is COc1cc(OC)cc(C(OC)C(=O)Nc2nnc(N[C@@H]3CCN(c4ccc(F)nn4)C3)s2)c1. The van der Waals surface area contributed by atoms with E-state index in [4.69, 9.17) is 14.2 Å². The molecule has 2 aromatic heterocycles. The van der Waals surface area contributed by atoms with Crippen molar-refractivity contribution in [2.24, 2.45) is 0 Å². The van der Waals surface area contributed by atoms with Crippen LogP contribution in [0, 0.1) is 5.95 Å². The molecule has 1 aliphatic heterocycles. The minimum Gasteiger partial charge on any atom is -0.497 e. The highest BCUT2D eigenvalue weighted by Crippen LogP contribution is 2.30. The number of aromatic nitrogens is 4. The summed E-state index contributed by atoms with van der Waals surface area (Å²) < 4.78 is 29.0. The molecule has 0 radical (unpaired) electrons. The summed E-state index contributed by atoms with van der Waals surface area (Å²) in [7, 11) is 4.51. The summed E-state index contributed by atoms with van der Waals surface area (Å²) in [6, 6.07) is 8.12. The minimum absolute atomic E-state index is 0.0966. The number of ether oxygens (including phenoxy) is 3. The van der Waals surface area contributed by atoms with Gasteiger partial charge in [-0.05, 0) is 36.2 Å². The average molecular weight is 490 g/mol. The van der Waals surface area contributed by atoms with Crippen molar-refractivity contribution in [2.75, 3.05) is 50.0 Å². The van der Waals surface area contributed by atoms with Gasteiger partial charge in [0.15, 0.2) is 11.9 Å². The van der Waals surface area contributed by atoms with E-state index < -0.39 is 18.0 Å². The van der Waals surface area contributed by atoms with Gasteiger partial charge in [-0.15, -0.1) is 20.4 Å². The van der Waals surface area contributed by atoms with Gasteiger partial charge in [-0.1, -0.05) is 11.3 Å². The second-order valence-electron chi connectivity index (χ2n) is 7.45. The van der Waals surface area contributed by atoms with E-state index in [9.17, 15) is 9.18 Å². The lowest BCUT2D eigenvalue weighted by molar-refractivity contribution is -0.126. The zero-order valence-electron chi connectivity index (χ0n) is 18.8. The molecule has 0 saturated carbocycles. The molecule has 2 N–H and O–H groups in total. The van der Waals surface area contributed by atoms with Crippen molar-refractivity contribution in [3.8, 4) is 11.5 Å². The zero-order chi connectivity index (χ0) is 24.1. The number of nitrogens with zero attached hydrogens (tertiary/aromatic N) is 5. The molecule has 1 aromatic carbocycles. The molecule has 0 spiro atoms. The van der Waals surface area contributed by atoms with Crippen molar-refractivity contribution >= 4 is 33.3 Å². The summed E-state index contributed by atoms with van der Waals surface area (Å²) in [5.41, 5.74) is 0.578. The van der Waals surface area contributed by atoms with Crippen molar-refractivity contribution in [3.05, 3.63) is 41.8 Å². The molecule has 4 rings (SSSR count). The van der Waals surface area contributed by atoms with Crippen LogP contribution in [-0.2, 0) is 9.53 Å². The minimum atomic E-state index is -0.899. The number of hydrogen-bond donors (Lipinski definition) is 2. The molecule has 2 atom stereocenters. The third-order valence-electron chi connectivity index (χ3n) is 5.26. The molecular formula is C21H24FN7O4S. The maximum absolute atomic E-state index is 13.0. The fourth-order valence-electron chi connectivity index (χ4n) is 3.62. The number of carbonyl (C=O) groups excluding carboxylic acids is 1. The number of rotatable bonds is 9. The molecule has 3 heterocycles. The van der Waals surface area contributed by atoms with Crippen LogP contribution in [0.1, 0.15) is 18.1 Å². The highest BCUT2D eigenvalue weighted by molar-refractivity contribution is 7.19. The van der Waals surface area contributed by atoms with Crippen LogP contribution in [-0.4, -0.2) is 66.8 Å². The van der Waals surface area contributed by atoms with E-state index in [-0.39, 0.29) is 6.04 Å². The summed E-state index contributed by atoms with van der Waals surface area (Å²) in [5, 5.41) is 22.5. The Morgan fingerprint density at radius 1 is 1.09 bits per heavy atom. The predicted octanol–water partition coefficient (Wildman–Crippen LogP) is 2.50. The lowest BCUT2D eigenvalue weighted by Crippen LogP contribution is -2.26. The zero-order valence-corrected chi connectivity index (χ0v) is 19.6. The molecule has 11 nitrogen and oxygen atoms in total. The van der Waals surface area contributed by atoms with Gasteiger partial charge in [0.25, 0.3) is 5.91 Å². The number of methoxy groups -OCH3 is 3. The molecule has 34 heavy (non-hydrogen) atoms. The van der Waals surface area contributed by atoms with Crippen molar-refractivity contribution in [3.63, 3.8) is 0 Å². The summed E-state index contributed by atoms with van der Waals surface area (Å²) >= 11 is 1.22. The first-order chi connectivity index (χ1) is 16.5. The third kappa shape index (κ3) is 5.48. The van der Waals surface area contributed by atoms with E-state index in [1.165, 1.54) is 38.7 Å². The first kappa shape index (κ1) is 23.6. The molecule has 1 saturated heterocycles. The van der Waals surface area contributed by atoms with Crippen LogP contribution < -0.4 is 25.0 Å². The van der Waals surface area contributed by atoms with Gasteiger partial charge in [-0.25, -0.2) is 0 Å². The van der Waals surface area contributed by atoms with Gasteiger partial charge >= 0.3 is 0 Å². The Labute approximate surface area is 199 Å². The second-order valence-corrected chi connectivity index (χ2v) is 8.43. The molecule has 1 aliphatic rings. The van der Waals surface area contributed by atoms with Gasteiger partial charge in [-0.3, -0.25) is 10.1 Å². The summed E-state index contributed by atoms with van der Waals surface area (Å²) in [6.45, 7) is 1.41. The summed E-state index contributed by atoms with van der Waals surface area (Å²) in [4.78, 5) is 14.9. The lowest BCUT2D eigenvalue weighted by Gasteiger charge is -2.17. The third-order valence-corrected chi connectivity index (χ3v) is 6.03. The van der Waals surface area contributed by atoms with Crippen LogP contribution in [0.3, 0.4) is 0 Å². The van der Waals surface area contributed by atoms with E-state index in [2.05, 4.69) is 31.0 Å². The summed E-state index contributed by atoms with van der Waals surface area (Å²) in [5.74, 6) is 0.702. The largest absolute Gasteiger partial charge is 0.497 e. The highest BCUT2D eigenvalue weighted by atomic mass is 32.1. The number of anilines is 3. The number of carbonyl (C=O) groups is 1. The van der Waals surface area contributed by atoms with Crippen LogP contribution in [0.5, 0.6) is 11.5 Å². The van der Waals surface area contributed by atoms with Crippen molar-refractivity contribution in [1.82, 2.24) is 20.4 Å². The second kappa shape index (κ2) is 10.6. The van der Waals surface area contributed by atoms with Gasteiger partial charge in [0.1, 0.15) is 11.5 Å². The first-order valence-corrected chi connectivity index (χ1v) is 11.2. The van der Waals surface area contributed by atoms with Gasteiger partial charge in [0.05, 0.1) is 14.2 Å². The van der Waals surface area contributed by atoms with Crippen molar-refractivity contribution in [2.45, 2.75) is 18.6 Å². The Bertz CT molecular complexity index is 1110. The molecule has 3 aromatic rings. The molecular weight excluding hydrogens is 465 g/mol. The van der Waals surface area contributed by atoms with Gasteiger partial charge in [0.2, 0.25) is 16.2 Å². The van der Waals surface area contributed by atoms with E-state index in [1.54, 1.807) is 24.3 Å². The van der Waals surface area contributed by atoms with E-state index in [0.29, 0.717) is 39.7 Å². The number of benzene rings is 1. The fourth-order valence-corrected chi connectivity index (χ4v) is 4.34. The van der Waals surface area contributed by atoms with Crippen LogP contribution in [0.25, 0.3) is 0 Å². The molecule has 1 fully saturated rings. The quantitative estimate of drug-likeness (QED) is 0.463. The Balaban J connectivity index is 1.37. The lowest BCUT2D eigenvalue weighted by atomic mass is 10.1. The normalized spacial score (nSPS) is 16.2. The molecule has 13 heteroatoms. The van der Waals surface area contributed by atoms with Gasteiger partial charge in [-0.2, -0.15) is 4.39 Å². The molecule has 180 valence electrons. The smallest absolute Gasteiger partial charge is 0.259 e. The van der Waals surface area contributed by atoms with E-state index >= 15 is 0 Å². The Morgan fingerprint density at radius 3 is 2.47 bits per heavy atom. The average Bonchev–Trinajstić information content (AvgIpc) is 3.49. The number of nitrogens with one attached hydrogen (secondary N) is 2. The molecule has 1 amide bonds. The maximum atomic E-state index is 13.0. The Hall–Kier alpha value is -3.58. The van der Waals surface area contributed by atoms with Gasteiger partial charge in [0, 0.05) is 32.3 Å². The van der Waals surface area contributed by atoms with Gasteiger partial charge < -0.3 is 24.4 Å². The number of halogens is 1. The highest BCUT2D eigenvalue weighted by Gasteiger charge is 2.26. The van der Waals surface area contributed by atoms with Crippen LogP contribution >= 0.6 is 11.3 Å². The molecule has 0 bridgehead atoms. The van der Waals surface area contributed by atoms with Crippen LogP contribution in [0.2, 0.25) is 0 Å². The Kier molecular flexibility index (Phi) is 7.33. The van der Waals surface area contributed by atoms with Crippen molar-refractivity contribution in [1.29, 1.82) is 0 Å². The monoisotopic (exact) mass is 489 g/mol. The van der Waals surface area contributed by atoms with Crippen molar-refractivity contribution < 1.29 is 23.4 Å². The van der Waals surface area contributed by atoms with E-state index in [1.807, 2.05) is 4.90 Å². The first-order valence-electron chi connectivity index (χ1n) is 10.4. The fraction of sp³-hybridized carbons (Fsp3) is 0.381. The maximum Gasteiger partial charge on any atom is 0.259 e. The van der Waals surface area contributed by atoms with E-state index in [0.717, 1.165) is 13.0 Å². The number of amides is 1. The Morgan fingerprint density at radius 2 is 1.82 bits per heavy atom. The topological polar surface area (TPSA) is 124 Å². The molecule has 1 unspecified atom stereocenters. The standard InChI is InChI=1S/C21H24FN7O4S/c1-31-14-8-12(9-15(10-14)32-2)18(33-3)19(30)24-21-28-27-20(34-21)23-13-6-7-29(11-13)17-5-4-16(22)25-26-17/h4-5,8-10,13,18H,6-7,11H2,1-3H3,(H,23,27)(H,24,28,30)/t13-,18?/m1/s1. The van der Waals surface area contributed by atoms with Crippen LogP contribution in [0.15, 0.2) is 30.3 Å².